The van der Waals surface area contributed by atoms with Gasteiger partial charge < -0.3 is 31.1 Å². The van der Waals surface area contributed by atoms with E-state index >= 15 is 0 Å². The molecule has 3 aromatic rings. The van der Waals surface area contributed by atoms with Gasteiger partial charge in [-0.2, -0.15) is 0 Å². The van der Waals surface area contributed by atoms with Crippen LogP contribution in [0.15, 0.2) is 46.8 Å². The van der Waals surface area contributed by atoms with Crippen molar-refractivity contribution in [2.24, 2.45) is 10.9 Å². The van der Waals surface area contributed by atoms with Crippen LogP contribution in [-0.2, 0) is 11.3 Å². The second-order valence-corrected chi connectivity index (χ2v) is 11.3. The lowest BCUT2D eigenvalue weighted by Crippen LogP contribution is -2.49. The molecule has 2 fully saturated rings. The van der Waals surface area contributed by atoms with E-state index in [4.69, 9.17) is 15.1 Å². The second kappa shape index (κ2) is 11.4. The zero-order valence-electron chi connectivity index (χ0n) is 22.8. The van der Waals surface area contributed by atoms with E-state index in [2.05, 4.69) is 26.1 Å². The van der Waals surface area contributed by atoms with Crippen molar-refractivity contribution in [2.45, 2.75) is 26.3 Å². The molecule has 208 valence electrons. The summed E-state index contributed by atoms with van der Waals surface area (Å²) < 4.78 is 5.46. The zero-order chi connectivity index (χ0) is 27.6. The monoisotopic (exact) mass is 558 g/mol. The van der Waals surface area contributed by atoms with Gasteiger partial charge in [0.2, 0.25) is 0 Å². The number of carbonyl (C=O) groups excluding carboxylic acids is 1. The number of hydrogen-bond donors (Lipinski definition) is 4. The average molecular weight is 559 g/mol. The quantitative estimate of drug-likeness (QED) is 0.308. The van der Waals surface area contributed by atoms with Crippen molar-refractivity contribution in [3.63, 3.8) is 0 Å². The summed E-state index contributed by atoms with van der Waals surface area (Å²) in [7, 11) is 1.95. The number of nitrogens with one attached hydrogen (secondary N) is 4. The molecule has 1 saturated heterocycles. The number of morpholine rings is 1. The molecule has 0 radical (unpaired) electrons. The van der Waals surface area contributed by atoms with Gasteiger partial charge in [-0.05, 0) is 44.0 Å². The Labute approximate surface area is 237 Å². The third kappa shape index (κ3) is 5.58. The highest BCUT2D eigenvalue weighted by Crippen LogP contribution is 2.39. The largest absolute Gasteiger partial charge is 0.379 e. The number of hydrogen-bond acceptors (Lipinski definition) is 10. The van der Waals surface area contributed by atoms with Crippen LogP contribution in [0.3, 0.4) is 0 Å². The maximum Gasteiger partial charge on any atom is 0.258 e. The maximum absolute atomic E-state index is 13.8. The molecule has 3 aliphatic rings. The molecule has 40 heavy (non-hydrogen) atoms. The Morgan fingerprint density at radius 2 is 1.93 bits per heavy atom. The molecule has 1 aliphatic carbocycles. The van der Waals surface area contributed by atoms with Gasteiger partial charge in [-0.25, -0.2) is 10.0 Å². The van der Waals surface area contributed by atoms with Crippen molar-refractivity contribution in [1.29, 1.82) is 5.41 Å². The molecule has 1 saturated carbocycles. The summed E-state index contributed by atoms with van der Waals surface area (Å²) in [5.41, 5.74) is 9.56. The average Bonchev–Trinajstić information content (AvgIpc) is 3.71. The number of thiophene rings is 1. The molecule has 10 nitrogen and oxygen atoms in total. The predicted octanol–water partition coefficient (Wildman–Crippen LogP) is 4.08. The van der Waals surface area contributed by atoms with Gasteiger partial charge in [-0.1, -0.05) is 12.1 Å². The van der Waals surface area contributed by atoms with Crippen LogP contribution in [0.4, 0.5) is 17.1 Å². The molecular formula is C29H34N8O2S. The number of ether oxygens (including phenoxy) is 1. The lowest BCUT2D eigenvalue weighted by atomic mass is 10.0. The summed E-state index contributed by atoms with van der Waals surface area (Å²) in [6, 6.07) is 11.7. The summed E-state index contributed by atoms with van der Waals surface area (Å²) in [5.74, 6) is 0.811. The summed E-state index contributed by atoms with van der Waals surface area (Å²) in [6.45, 7) is 5.89. The summed E-state index contributed by atoms with van der Waals surface area (Å²) in [4.78, 5) is 26.0. The van der Waals surface area contributed by atoms with Crippen LogP contribution >= 0.6 is 11.3 Å². The normalized spacial score (nSPS) is 17.1. The molecule has 1 aromatic carbocycles. The molecule has 1 amide bonds. The number of pyridine rings is 1. The Balaban J connectivity index is 1.25. The van der Waals surface area contributed by atoms with Gasteiger partial charge in [-0.3, -0.25) is 9.78 Å². The molecule has 0 atom stereocenters. The van der Waals surface area contributed by atoms with E-state index in [0.29, 0.717) is 43.4 Å². The first-order chi connectivity index (χ1) is 19.5. The number of amides is 1. The van der Waals surface area contributed by atoms with Crippen molar-refractivity contribution in [1.82, 2.24) is 15.4 Å². The summed E-state index contributed by atoms with van der Waals surface area (Å²) in [6.07, 6.45) is 2.00. The molecular weight excluding hydrogens is 524 g/mol. The molecule has 4 N–H and O–H groups in total. The van der Waals surface area contributed by atoms with Crippen LogP contribution in [0.2, 0.25) is 0 Å². The van der Waals surface area contributed by atoms with Gasteiger partial charge in [0.25, 0.3) is 5.91 Å². The highest BCUT2D eigenvalue weighted by Gasteiger charge is 2.32. The van der Waals surface area contributed by atoms with E-state index in [9.17, 15) is 4.79 Å². The fourth-order valence-corrected chi connectivity index (χ4v) is 6.09. The molecule has 2 aromatic heterocycles. The molecule has 2 aliphatic heterocycles. The third-order valence-corrected chi connectivity index (χ3v) is 8.27. The number of anilines is 3. The molecule has 4 heterocycles. The van der Waals surface area contributed by atoms with Gasteiger partial charge in [0.15, 0.2) is 5.84 Å². The van der Waals surface area contributed by atoms with Gasteiger partial charge >= 0.3 is 0 Å². The fraction of sp³-hybridized carbons (Fsp3) is 0.379. The Hall–Kier alpha value is -3.80. The van der Waals surface area contributed by atoms with Crippen molar-refractivity contribution in [3.05, 3.63) is 69.2 Å². The van der Waals surface area contributed by atoms with Crippen LogP contribution in [0.1, 0.15) is 45.0 Å². The Morgan fingerprint density at radius 3 is 2.70 bits per heavy atom. The number of aromatic nitrogens is 1. The smallest absolute Gasteiger partial charge is 0.258 e. The molecule has 11 heteroatoms. The number of carbonyl (C=O) groups is 1. The number of rotatable bonds is 8. The minimum absolute atomic E-state index is 0.195. The number of benzene rings is 1. The van der Waals surface area contributed by atoms with Gasteiger partial charge in [0.05, 0.1) is 47.3 Å². The van der Waals surface area contributed by atoms with E-state index in [0.717, 1.165) is 65.0 Å². The first kappa shape index (κ1) is 26.4. The number of aliphatic imine (C=N–C) groups is 1. The fourth-order valence-electron chi connectivity index (χ4n) is 5.03. The summed E-state index contributed by atoms with van der Waals surface area (Å²) >= 11 is 1.51. The van der Waals surface area contributed by atoms with Crippen molar-refractivity contribution < 1.29 is 9.53 Å². The van der Waals surface area contributed by atoms with Crippen molar-refractivity contribution in [3.8, 4) is 0 Å². The number of aryl methyl sites for hydroxylation is 1. The SMILES string of the molecule is Cc1cccc(CNc2cccc(NC(=O)c3csc4c3N(C)CN=C4NN3CCOCC3)c2C(=N)C2CC2)n1. The van der Waals surface area contributed by atoms with Crippen LogP contribution in [-0.4, -0.2) is 67.5 Å². The number of hydrazine groups is 1. The standard InChI is InChI=1S/C29H34N8O2S/c1-18-5-3-6-20(33-18)15-31-22-7-4-8-23(24(22)25(30)19-9-10-19)34-29(38)21-16-40-27-26(21)36(2)17-32-28(27)35-37-11-13-39-14-12-37/h3-8,16,19,30-31H,9-15,17H2,1-2H3,(H,32,35)(H,34,38). The first-order valence-electron chi connectivity index (χ1n) is 13.6. The third-order valence-electron chi connectivity index (χ3n) is 7.30. The predicted molar refractivity (Wildman–Crippen MR) is 160 cm³/mol. The second-order valence-electron chi connectivity index (χ2n) is 10.4. The molecule has 0 spiro atoms. The van der Waals surface area contributed by atoms with E-state index < -0.39 is 0 Å². The first-order valence-corrected chi connectivity index (χ1v) is 14.5. The number of nitrogens with zero attached hydrogens (tertiary/aromatic N) is 4. The van der Waals surface area contributed by atoms with Crippen LogP contribution in [0.5, 0.6) is 0 Å². The topological polar surface area (TPSA) is 118 Å². The maximum atomic E-state index is 13.8. The minimum atomic E-state index is -0.195. The number of fused-ring (bicyclic) bond motifs is 1. The summed E-state index contributed by atoms with van der Waals surface area (Å²) in [5, 5.41) is 19.6. The molecule has 0 bridgehead atoms. The Bertz CT molecular complexity index is 1460. The van der Waals surface area contributed by atoms with Crippen LogP contribution < -0.4 is 21.0 Å². The van der Waals surface area contributed by atoms with E-state index in [1.807, 2.05) is 60.6 Å². The molecule has 0 unspecified atom stereocenters. The highest BCUT2D eigenvalue weighted by molar-refractivity contribution is 7.13. The number of amidine groups is 1. The molecule has 6 rings (SSSR count). The van der Waals surface area contributed by atoms with Crippen molar-refractivity contribution in [2.75, 3.05) is 55.6 Å². The lowest BCUT2D eigenvalue weighted by molar-refractivity contribution is 0.0249. The van der Waals surface area contributed by atoms with Gasteiger partial charge in [0.1, 0.15) is 6.67 Å². The van der Waals surface area contributed by atoms with E-state index in [1.165, 1.54) is 11.3 Å². The van der Waals surface area contributed by atoms with E-state index in [-0.39, 0.29) is 11.8 Å². The van der Waals surface area contributed by atoms with E-state index in [1.54, 1.807) is 0 Å². The highest BCUT2D eigenvalue weighted by atomic mass is 32.1. The minimum Gasteiger partial charge on any atom is -0.379 e. The van der Waals surface area contributed by atoms with Crippen LogP contribution in [0.25, 0.3) is 0 Å². The van der Waals surface area contributed by atoms with Crippen LogP contribution in [0, 0.1) is 18.3 Å². The van der Waals surface area contributed by atoms with Gasteiger partial charge in [0, 0.05) is 54.1 Å². The van der Waals surface area contributed by atoms with Crippen molar-refractivity contribution >= 4 is 45.9 Å². The van der Waals surface area contributed by atoms with Gasteiger partial charge in [-0.15, -0.1) is 11.3 Å². The Kier molecular flexibility index (Phi) is 7.50. The zero-order valence-corrected chi connectivity index (χ0v) is 23.6. The lowest BCUT2D eigenvalue weighted by Gasteiger charge is -2.31. The Morgan fingerprint density at radius 1 is 1.15 bits per heavy atom.